The van der Waals surface area contributed by atoms with Gasteiger partial charge in [0.2, 0.25) is 0 Å². The van der Waals surface area contributed by atoms with E-state index >= 15 is 0 Å². The summed E-state index contributed by atoms with van der Waals surface area (Å²) in [6.07, 6.45) is 1.29. The van der Waals surface area contributed by atoms with Gasteiger partial charge in [0.15, 0.2) is 0 Å². The summed E-state index contributed by atoms with van der Waals surface area (Å²) in [7, 11) is 4.47. The number of fused-ring (bicyclic) bond motifs is 1. The number of anilines is 1. The SMILES string of the molecule is COc1ccc(OC)c(NC(=O)c2cnc3c(c2)c(=O)[nH]c(=O)n3C)c1. The largest absolute Gasteiger partial charge is 0.497 e. The molecule has 0 radical (unpaired) electrons. The van der Waals surface area contributed by atoms with E-state index in [-0.39, 0.29) is 16.6 Å². The third-order valence-electron chi connectivity index (χ3n) is 3.87. The van der Waals surface area contributed by atoms with E-state index in [1.165, 1.54) is 38.1 Å². The maximum absolute atomic E-state index is 12.6. The Hall–Kier alpha value is -3.62. The molecule has 2 N–H and O–H groups in total. The zero-order valence-electron chi connectivity index (χ0n) is 14.3. The number of aromatic nitrogens is 3. The van der Waals surface area contributed by atoms with Crippen molar-refractivity contribution in [3.63, 3.8) is 0 Å². The molecule has 26 heavy (non-hydrogen) atoms. The Morgan fingerprint density at radius 3 is 2.65 bits per heavy atom. The fourth-order valence-electron chi connectivity index (χ4n) is 2.47. The van der Waals surface area contributed by atoms with Crippen LogP contribution in [0.25, 0.3) is 11.0 Å². The van der Waals surface area contributed by atoms with Crippen molar-refractivity contribution in [2.75, 3.05) is 19.5 Å². The summed E-state index contributed by atoms with van der Waals surface area (Å²) in [5, 5.41) is 2.83. The number of ether oxygens (including phenoxy) is 2. The van der Waals surface area contributed by atoms with Crippen LogP contribution in [-0.2, 0) is 7.05 Å². The van der Waals surface area contributed by atoms with E-state index in [1.54, 1.807) is 18.2 Å². The second-order valence-corrected chi connectivity index (χ2v) is 5.43. The Kier molecular flexibility index (Phi) is 4.44. The van der Waals surface area contributed by atoms with Crippen molar-refractivity contribution in [2.45, 2.75) is 0 Å². The van der Waals surface area contributed by atoms with Crippen molar-refractivity contribution in [2.24, 2.45) is 7.05 Å². The molecule has 0 aliphatic rings. The molecule has 0 aliphatic carbocycles. The molecule has 9 nitrogen and oxygen atoms in total. The lowest BCUT2D eigenvalue weighted by Crippen LogP contribution is -2.29. The lowest BCUT2D eigenvalue weighted by Gasteiger charge is -2.12. The van der Waals surface area contributed by atoms with Crippen molar-refractivity contribution in [3.8, 4) is 11.5 Å². The molecule has 0 bridgehead atoms. The van der Waals surface area contributed by atoms with Crippen LogP contribution in [0.1, 0.15) is 10.4 Å². The first-order valence-corrected chi connectivity index (χ1v) is 7.57. The summed E-state index contributed by atoms with van der Waals surface area (Å²) in [6.45, 7) is 0. The minimum Gasteiger partial charge on any atom is -0.497 e. The highest BCUT2D eigenvalue weighted by atomic mass is 16.5. The highest BCUT2D eigenvalue weighted by Crippen LogP contribution is 2.29. The number of methoxy groups -OCH3 is 2. The average molecular weight is 356 g/mol. The number of aromatic amines is 1. The number of carbonyl (C=O) groups excluding carboxylic acids is 1. The molecule has 134 valence electrons. The van der Waals surface area contributed by atoms with E-state index in [4.69, 9.17) is 9.47 Å². The first-order valence-electron chi connectivity index (χ1n) is 7.57. The molecule has 0 spiro atoms. The van der Waals surface area contributed by atoms with Gasteiger partial charge < -0.3 is 14.8 Å². The van der Waals surface area contributed by atoms with Gasteiger partial charge in [0.25, 0.3) is 11.5 Å². The maximum atomic E-state index is 12.6. The number of hydrogen-bond donors (Lipinski definition) is 2. The van der Waals surface area contributed by atoms with Gasteiger partial charge in [-0.1, -0.05) is 0 Å². The summed E-state index contributed by atoms with van der Waals surface area (Å²) in [6, 6.07) is 6.35. The van der Waals surface area contributed by atoms with Crippen molar-refractivity contribution < 1.29 is 14.3 Å². The van der Waals surface area contributed by atoms with Gasteiger partial charge in [0, 0.05) is 19.3 Å². The molecule has 1 aromatic carbocycles. The summed E-state index contributed by atoms with van der Waals surface area (Å²) in [5.41, 5.74) is -0.426. The molecule has 9 heteroatoms. The molecule has 0 saturated carbocycles. The van der Waals surface area contributed by atoms with Gasteiger partial charge in [-0.3, -0.25) is 19.1 Å². The number of pyridine rings is 1. The second-order valence-electron chi connectivity index (χ2n) is 5.43. The van der Waals surface area contributed by atoms with Gasteiger partial charge >= 0.3 is 5.69 Å². The van der Waals surface area contributed by atoms with E-state index in [2.05, 4.69) is 15.3 Å². The fourth-order valence-corrected chi connectivity index (χ4v) is 2.47. The Balaban J connectivity index is 2.01. The van der Waals surface area contributed by atoms with Gasteiger partial charge in [0.05, 0.1) is 30.9 Å². The molecular formula is C17H16N4O5. The van der Waals surface area contributed by atoms with Crippen molar-refractivity contribution in [3.05, 3.63) is 56.9 Å². The van der Waals surface area contributed by atoms with Crippen LogP contribution < -0.4 is 26.0 Å². The normalized spacial score (nSPS) is 10.6. The molecule has 0 unspecified atom stereocenters. The standard InChI is InChI=1S/C17H16N4O5/c1-21-14-11(16(23)20-17(21)24)6-9(8-18-14)15(22)19-12-7-10(25-2)4-5-13(12)26-3/h4-8H,1-3H3,(H,19,22)(H,20,23,24). The number of amides is 1. The minimum atomic E-state index is -0.607. The smallest absolute Gasteiger partial charge is 0.329 e. The van der Waals surface area contributed by atoms with Gasteiger partial charge in [-0.2, -0.15) is 0 Å². The molecule has 0 saturated heterocycles. The molecule has 0 fully saturated rings. The van der Waals surface area contributed by atoms with Gasteiger partial charge in [-0.15, -0.1) is 0 Å². The van der Waals surface area contributed by atoms with E-state index < -0.39 is 17.2 Å². The topological polar surface area (TPSA) is 115 Å². The van der Waals surface area contributed by atoms with Crippen molar-refractivity contribution >= 4 is 22.6 Å². The number of hydrogen-bond acceptors (Lipinski definition) is 6. The van der Waals surface area contributed by atoms with Crippen LogP contribution in [0, 0.1) is 0 Å². The zero-order valence-corrected chi connectivity index (χ0v) is 14.3. The van der Waals surface area contributed by atoms with E-state index in [1.807, 2.05) is 0 Å². The summed E-state index contributed by atoms with van der Waals surface area (Å²) in [5.74, 6) is 0.511. The number of nitrogens with one attached hydrogen (secondary N) is 2. The Labute approximate surface area is 147 Å². The lowest BCUT2D eigenvalue weighted by atomic mass is 10.2. The van der Waals surface area contributed by atoms with Gasteiger partial charge in [-0.05, 0) is 18.2 Å². The molecule has 0 atom stereocenters. The van der Waals surface area contributed by atoms with Crippen molar-refractivity contribution in [1.82, 2.24) is 14.5 Å². The minimum absolute atomic E-state index is 0.136. The zero-order chi connectivity index (χ0) is 18.8. The van der Waals surface area contributed by atoms with Crippen LogP contribution in [0.15, 0.2) is 40.1 Å². The fraction of sp³-hybridized carbons (Fsp3) is 0.176. The molecule has 2 aromatic heterocycles. The maximum Gasteiger partial charge on any atom is 0.329 e. The van der Waals surface area contributed by atoms with Crippen LogP contribution in [0.4, 0.5) is 5.69 Å². The van der Waals surface area contributed by atoms with Crippen LogP contribution in [0.3, 0.4) is 0 Å². The van der Waals surface area contributed by atoms with Gasteiger partial charge in [0.1, 0.15) is 17.1 Å². The third kappa shape index (κ3) is 3.02. The first-order chi connectivity index (χ1) is 12.4. The average Bonchev–Trinajstić information content (AvgIpc) is 2.65. The molecule has 3 rings (SSSR count). The molecular weight excluding hydrogens is 340 g/mol. The quantitative estimate of drug-likeness (QED) is 0.717. The molecule has 0 aliphatic heterocycles. The number of aryl methyl sites for hydroxylation is 1. The summed E-state index contributed by atoms with van der Waals surface area (Å²) < 4.78 is 11.6. The number of H-pyrrole nitrogens is 1. The van der Waals surface area contributed by atoms with Crippen molar-refractivity contribution in [1.29, 1.82) is 0 Å². The Morgan fingerprint density at radius 2 is 1.96 bits per heavy atom. The molecule has 2 heterocycles. The first kappa shape index (κ1) is 17.2. The highest BCUT2D eigenvalue weighted by Gasteiger charge is 2.14. The summed E-state index contributed by atoms with van der Waals surface area (Å²) >= 11 is 0. The van der Waals surface area contributed by atoms with Gasteiger partial charge in [-0.25, -0.2) is 9.78 Å². The van der Waals surface area contributed by atoms with Crippen LogP contribution in [0.5, 0.6) is 11.5 Å². The number of nitrogens with zero attached hydrogens (tertiary/aromatic N) is 2. The molecule has 3 aromatic rings. The molecule has 1 amide bonds. The predicted octanol–water partition coefficient (Wildman–Crippen LogP) is 0.891. The Morgan fingerprint density at radius 1 is 1.19 bits per heavy atom. The monoisotopic (exact) mass is 356 g/mol. The number of carbonyl (C=O) groups is 1. The number of rotatable bonds is 4. The van der Waals surface area contributed by atoms with E-state index in [0.29, 0.717) is 17.2 Å². The van der Waals surface area contributed by atoms with Crippen LogP contribution in [-0.4, -0.2) is 34.7 Å². The van der Waals surface area contributed by atoms with Crippen LogP contribution in [0.2, 0.25) is 0 Å². The third-order valence-corrected chi connectivity index (χ3v) is 3.87. The highest BCUT2D eigenvalue weighted by molar-refractivity contribution is 6.06. The predicted molar refractivity (Wildman–Crippen MR) is 95.1 cm³/mol. The second kappa shape index (κ2) is 6.71. The Bertz CT molecular complexity index is 1120. The van der Waals surface area contributed by atoms with E-state index in [0.717, 1.165) is 0 Å². The summed E-state index contributed by atoms with van der Waals surface area (Å²) in [4.78, 5) is 42.4. The van der Waals surface area contributed by atoms with Crippen LogP contribution >= 0.6 is 0 Å². The number of benzene rings is 1. The van der Waals surface area contributed by atoms with E-state index in [9.17, 15) is 14.4 Å². The lowest BCUT2D eigenvalue weighted by molar-refractivity contribution is 0.102.